The molecule has 3 aromatic heterocycles. The van der Waals surface area contributed by atoms with Crippen molar-refractivity contribution in [3.63, 3.8) is 0 Å². The number of fused-ring (bicyclic) bond motifs is 2. The Morgan fingerprint density at radius 3 is 2.19 bits per heavy atom. The SMILES string of the molecule is CCC(C)(CC)C(=O)/C=C(\O)C(C)(CC)CC.[CH2-][n+]1ccc(-c2ccnc3scc(CC(C)C)c23)cc1-c1[c-]c2ccccc2c(C(C)(C)C)c1.[Ir]. The van der Waals surface area contributed by atoms with Crippen LogP contribution in [0, 0.1) is 29.9 Å². The molecule has 52 heavy (non-hydrogen) atoms. The third kappa shape index (κ3) is 9.43. The monoisotopic (exact) mass is 896 g/mol. The molecule has 0 bridgehead atoms. The van der Waals surface area contributed by atoms with Crippen LogP contribution in [0.4, 0.5) is 0 Å². The summed E-state index contributed by atoms with van der Waals surface area (Å²) in [6.45, 7) is 23.4. The summed E-state index contributed by atoms with van der Waals surface area (Å²) in [5, 5.41) is 16.1. The number of thiophene rings is 1. The van der Waals surface area contributed by atoms with Crippen LogP contribution in [0.1, 0.15) is 113 Å². The number of benzene rings is 2. The molecule has 3 heterocycles. The number of aromatic nitrogens is 2. The molecule has 0 saturated heterocycles. The predicted molar refractivity (Wildman–Crippen MR) is 218 cm³/mol. The summed E-state index contributed by atoms with van der Waals surface area (Å²) in [5.41, 5.74) is 6.67. The minimum atomic E-state index is -0.337. The van der Waals surface area contributed by atoms with Crippen LogP contribution in [0.2, 0.25) is 0 Å². The number of rotatable bonds is 11. The van der Waals surface area contributed by atoms with E-state index in [4.69, 9.17) is 0 Å². The molecule has 0 aliphatic rings. The van der Waals surface area contributed by atoms with E-state index in [-0.39, 0.29) is 47.9 Å². The van der Waals surface area contributed by atoms with E-state index < -0.39 is 0 Å². The van der Waals surface area contributed by atoms with Gasteiger partial charge in [0.1, 0.15) is 16.3 Å². The maximum Gasteiger partial charge on any atom is 0.164 e. The van der Waals surface area contributed by atoms with Crippen LogP contribution < -0.4 is 4.57 Å². The quantitative estimate of drug-likeness (QED) is 0.0622. The summed E-state index contributed by atoms with van der Waals surface area (Å²) < 4.78 is 1.96. The van der Waals surface area contributed by atoms with Gasteiger partial charge in [-0.25, -0.2) is 4.98 Å². The summed E-state index contributed by atoms with van der Waals surface area (Å²) in [6, 6.07) is 21.1. The number of hydrogen-bond acceptors (Lipinski definition) is 4. The van der Waals surface area contributed by atoms with Crippen molar-refractivity contribution in [3.05, 3.63) is 102 Å². The van der Waals surface area contributed by atoms with Crippen molar-refractivity contribution in [2.24, 2.45) is 16.7 Å². The van der Waals surface area contributed by atoms with Crippen LogP contribution in [0.15, 0.2) is 78.1 Å². The van der Waals surface area contributed by atoms with Gasteiger partial charge < -0.3 is 9.67 Å². The van der Waals surface area contributed by atoms with Crippen molar-refractivity contribution in [3.8, 4) is 22.4 Å². The predicted octanol–water partition coefficient (Wildman–Crippen LogP) is 12.7. The van der Waals surface area contributed by atoms with E-state index in [0.717, 1.165) is 53.6 Å². The van der Waals surface area contributed by atoms with E-state index in [1.54, 1.807) is 11.3 Å². The molecule has 0 saturated carbocycles. The van der Waals surface area contributed by atoms with Crippen LogP contribution in [-0.2, 0) is 36.7 Å². The summed E-state index contributed by atoms with van der Waals surface area (Å²) in [7, 11) is 4.30. The molecule has 0 atom stereocenters. The van der Waals surface area contributed by atoms with E-state index in [1.165, 1.54) is 39.1 Å². The molecule has 1 radical (unpaired) electrons. The van der Waals surface area contributed by atoms with Gasteiger partial charge in [-0.05, 0) is 83.7 Å². The van der Waals surface area contributed by atoms with E-state index in [1.807, 2.05) is 52.3 Å². The Morgan fingerprint density at radius 1 is 0.962 bits per heavy atom. The Balaban J connectivity index is 0.000000347. The Kier molecular flexibility index (Phi) is 14.6. The van der Waals surface area contributed by atoms with E-state index in [2.05, 4.69) is 113 Å². The fourth-order valence-electron chi connectivity index (χ4n) is 6.46. The largest absolute Gasteiger partial charge is 0.512 e. The van der Waals surface area contributed by atoms with Crippen molar-refractivity contribution in [1.29, 1.82) is 0 Å². The summed E-state index contributed by atoms with van der Waals surface area (Å²) in [6.07, 6.45) is 9.80. The first-order valence-electron chi connectivity index (χ1n) is 18.6. The Morgan fingerprint density at radius 2 is 1.60 bits per heavy atom. The third-order valence-electron chi connectivity index (χ3n) is 11.0. The second kappa shape index (κ2) is 17.7. The number of ketones is 1. The van der Waals surface area contributed by atoms with E-state index in [0.29, 0.717) is 5.92 Å². The van der Waals surface area contributed by atoms with Crippen molar-refractivity contribution < 1.29 is 34.6 Å². The fraction of sp³-hybridized carbons (Fsp3) is 0.435. The zero-order valence-corrected chi connectivity index (χ0v) is 36.5. The summed E-state index contributed by atoms with van der Waals surface area (Å²) >= 11 is 1.74. The molecule has 0 fully saturated rings. The van der Waals surface area contributed by atoms with E-state index >= 15 is 0 Å². The van der Waals surface area contributed by atoms with Gasteiger partial charge >= 0.3 is 0 Å². The number of carbonyl (C=O) groups excluding carboxylic acids is 1. The van der Waals surface area contributed by atoms with Gasteiger partial charge in [0.2, 0.25) is 0 Å². The summed E-state index contributed by atoms with van der Waals surface area (Å²) in [4.78, 5) is 17.9. The number of hydrogen-bond donors (Lipinski definition) is 1. The van der Waals surface area contributed by atoms with Gasteiger partial charge in [0, 0.05) is 55.6 Å². The van der Waals surface area contributed by atoms with Gasteiger partial charge in [-0.2, -0.15) is 0 Å². The van der Waals surface area contributed by atoms with Crippen LogP contribution in [0.25, 0.3) is 43.4 Å². The Hall–Kier alpha value is -3.31. The van der Waals surface area contributed by atoms with Crippen LogP contribution in [0.5, 0.6) is 0 Å². The second-order valence-electron chi connectivity index (χ2n) is 16.0. The van der Waals surface area contributed by atoms with Crippen molar-refractivity contribution in [2.75, 3.05) is 0 Å². The van der Waals surface area contributed by atoms with Gasteiger partial charge in [0.25, 0.3) is 0 Å². The molecular weight excluding hydrogens is 837 g/mol. The van der Waals surface area contributed by atoms with Gasteiger partial charge in [-0.3, -0.25) is 4.79 Å². The molecule has 0 unspecified atom stereocenters. The van der Waals surface area contributed by atoms with Crippen LogP contribution in [0.3, 0.4) is 0 Å². The average Bonchev–Trinajstić information content (AvgIpc) is 3.52. The Labute approximate surface area is 331 Å². The van der Waals surface area contributed by atoms with Gasteiger partial charge in [0.15, 0.2) is 5.78 Å². The molecule has 1 N–H and O–H groups in total. The molecule has 5 aromatic rings. The number of allylic oxidation sites excluding steroid dienone is 2. The molecule has 6 heteroatoms. The summed E-state index contributed by atoms with van der Waals surface area (Å²) in [5.74, 6) is 0.885. The number of nitrogens with zero attached hydrogens (tertiary/aromatic N) is 2. The minimum absolute atomic E-state index is 0. The molecule has 2 aromatic carbocycles. The standard InChI is InChI=1S/C31H31N2S.C15H28O2.Ir/c1-20(2)15-24-19-34-30-29(24)26(11-13-32-30)22-12-14-33(6)28(18-22)23-16-21-9-7-8-10-25(21)27(17-23)31(3,4)5;1-7-14(5,8-2)12(16)11-13(17)15(6,9-3)10-4;/h7-14,17-20H,6,15H2,1-5H3;11,16H,7-10H2,1-6H3;/q-1;;/b;12-11-;. The average molecular weight is 896 g/mol. The Bertz CT molecular complexity index is 2010. The maximum atomic E-state index is 12.2. The second-order valence-corrected chi connectivity index (χ2v) is 16.8. The molecule has 4 nitrogen and oxygen atoms in total. The maximum absolute atomic E-state index is 12.2. The smallest absolute Gasteiger partial charge is 0.164 e. The molecule has 5 rings (SSSR count). The first kappa shape index (κ1) is 43.1. The fourth-order valence-corrected chi connectivity index (χ4v) is 7.41. The number of aliphatic hydroxyl groups is 1. The molecule has 281 valence electrons. The topological polar surface area (TPSA) is 54.1 Å². The van der Waals surface area contributed by atoms with Crippen molar-refractivity contribution in [2.45, 2.75) is 114 Å². The van der Waals surface area contributed by atoms with E-state index in [9.17, 15) is 9.90 Å². The third-order valence-corrected chi connectivity index (χ3v) is 11.9. The first-order valence-corrected chi connectivity index (χ1v) is 19.5. The first-order chi connectivity index (χ1) is 24.0. The number of aliphatic hydroxyl groups excluding tert-OH is 1. The molecule has 0 aliphatic heterocycles. The molecular formula is C46H59IrN2O2S-. The molecule has 0 amide bonds. The van der Waals surface area contributed by atoms with Gasteiger partial charge in [0.05, 0.1) is 6.20 Å². The van der Waals surface area contributed by atoms with Crippen LogP contribution in [-0.4, -0.2) is 15.9 Å². The minimum Gasteiger partial charge on any atom is -0.512 e. The van der Waals surface area contributed by atoms with Crippen molar-refractivity contribution in [1.82, 2.24) is 4.98 Å². The number of carbonyl (C=O) groups is 1. The molecule has 0 spiro atoms. The van der Waals surface area contributed by atoms with Gasteiger partial charge in [-0.15, -0.1) is 40.5 Å². The van der Waals surface area contributed by atoms with Crippen molar-refractivity contribution >= 4 is 38.1 Å². The van der Waals surface area contributed by atoms with Gasteiger partial charge in [-0.1, -0.05) is 105 Å². The normalized spacial score (nSPS) is 12.5. The zero-order chi connectivity index (χ0) is 37.7. The zero-order valence-electron chi connectivity index (χ0n) is 33.2. The molecule has 0 aliphatic carbocycles. The number of pyridine rings is 2. The van der Waals surface area contributed by atoms with Crippen LogP contribution >= 0.6 is 11.3 Å².